The van der Waals surface area contributed by atoms with Crippen molar-refractivity contribution in [2.45, 2.75) is 19.9 Å². The number of hydrogen-bond acceptors (Lipinski definition) is 4. The van der Waals surface area contributed by atoms with E-state index in [0.29, 0.717) is 13.1 Å². The number of nitriles is 1. The highest BCUT2D eigenvalue weighted by atomic mass is 16.4. The number of aromatic carboxylic acids is 1. The van der Waals surface area contributed by atoms with E-state index >= 15 is 0 Å². The monoisotopic (exact) mass is 287 g/mol. The number of rotatable bonds is 7. The summed E-state index contributed by atoms with van der Waals surface area (Å²) in [5.41, 5.74) is 1.07. The molecule has 0 aromatic heterocycles. The molecule has 0 aliphatic heterocycles. The molecule has 6 nitrogen and oxygen atoms in total. The van der Waals surface area contributed by atoms with E-state index in [1.54, 1.807) is 12.1 Å². The molecule has 21 heavy (non-hydrogen) atoms. The first-order chi connectivity index (χ1) is 10.1. The van der Waals surface area contributed by atoms with Gasteiger partial charge >= 0.3 is 5.97 Å². The van der Waals surface area contributed by atoms with Crippen molar-refractivity contribution in [2.24, 2.45) is 0 Å². The average Bonchev–Trinajstić information content (AvgIpc) is 2.49. The Morgan fingerprint density at radius 1 is 1.33 bits per heavy atom. The van der Waals surface area contributed by atoms with Gasteiger partial charge < -0.3 is 15.7 Å². The van der Waals surface area contributed by atoms with Crippen LogP contribution in [0.25, 0.3) is 0 Å². The fourth-order valence-electron chi connectivity index (χ4n) is 1.52. The molecule has 0 aliphatic carbocycles. The molecule has 0 aliphatic rings. The molecule has 1 aromatic rings. The number of carboxylic acids is 1. The van der Waals surface area contributed by atoms with Crippen LogP contribution in [0.4, 0.5) is 0 Å². The molecule has 0 bridgehead atoms. The number of carboxylic acid groups (broad SMARTS) is 1. The molecule has 6 heteroatoms. The zero-order valence-corrected chi connectivity index (χ0v) is 11.7. The number of carbonyl (C=O) groups is 2. The summed E-state index contributed by atoms with van der Waals surface area (Å²) in [6.45, 7) is 2.84. The summed E-state index contributed by atoms with van der Waals surface area (Å²) in [5.74, 6) is -1.39. The minimum absolute atomic E-state index is 0.00519. The summed E-state index contributed by atoms with van der Waals surface area (Å²) in [4.78, 5) is 22.3. The highest BCUT2D eigenvalue weighted by Crippen LogP contribution is 2.04. The summed E-state index contributed by atoms with van der Waals surface area (Å²) < 4.78 is 0. The quantitative estimate of drug-likeness (QED) is 0.520. The smallest absolute Gasteiger partial charge is 0.335 e. The molecule has 0 spiro atoms. The van der Waals surface area contributed by atoms with Crippen molar-refractivity contribution in [3.05, 3.63) is 47.2 Å². The third-order valence-electron chi connectivity index (χ3n) is 2.65. The van der Waals surface area contributed by atoms with Crippen LogP contribution >= 0.6 is 0 Å². The third kappa shape index (κ3) is 5.37. The van der Waals surface area contributed by atoms with Crippen molar-refractivity contribution in [1.29, 1.82) is 5.26 Å². The van der Waals surface area contributed by atoms with Crippen LogP contribution in [0.5, 0.6) is 0 Å². The third-order valence-corrected chi connectivity index (χ3v) is 2.65. The molecule has 3 N–H and O–H groups in total. The second-order valence-electron chi connectivity index (χ2n) is 4.31. The van der Waals surface area contributed by atoms with Gasteiger partial charge in [0.1, 0.15) is 11.6 Å². The van der Waals surface area contributed by atoms with Gasteiger partial charge in [0.2, 0.25) is 0 Å². The maximum atomic E-state index is 11.6. The maximum absolute atomic E-state index is 11.6. The second kappa shape index (κ2) is 8.38. The fraction of sp³-hybridized carbons (Fsp3) is 0.267. The van der Waals surface area contributed by atoms with Crippen LogP contribution in [0.2, 0.25) is 0 Å². The van der Waals surface area contributed by atoms with E-state index < -0.39 is 11.9 Å². The lowest BCUT2D eigenvalue weighted by molar-refractivity contribution is -0.117. The first kappa shape index (κ1) is 16.2. The predicted molar refractivity (Wildman–Crippen MR) is 77.2 cm³/mol. The van der Waals surface area contributed by atoms with Crippen molar-refractivity contribution in [2.75, 3.05) is 6.54 Å². The molecule has 0 saturated carbocycles. The minimum atomic E-state index is -0.978. The molecule has 0 unspecified atom stereocenters. The summed E-state index contributed by atoms with van der Waals surface area (Å²) in [6.07, 6.45) is 2.16. The van der Waals surface area contributed by atoms with E-state index in [-0.39, 0.29) is 11.1 Å². The molecule has 1 rings (SSSR count). The van der Waals surface area contributed by atoms with Crippen LogP contribution in [0.15, 0.2) is 36.0 Å². The zero-order chi connectivity index (χ0) is 15.7. The first-order valence-electron chi connectivity index (χ1n) is 6.52. The Balaban J connectivity index is 2.57. The number of nitrogens with one attached hydrogen (secondary N) is 2. The predicted octanol–water partition coefficient (Wildman–Crippen LogP) is 1.41. The molecule has 1 amide bonds. The van der Waals surface area contributed by atoms with Gasteiger partial charge in [0.15, 0.2) is 0 Å². The van der Waals surface area contributed by atoms with Crippen LogP contribution in [0, 0.1) is 11.3 Å². The van der Waals surface area contributed by atoms with Crippen LogP contribution in [-0.2, 0) is 11.3 Å². The molecule has 110 valence electrons. The van der Waals surface area contributed by atoms with E-state index in [1.807, 2.05) is 13.0 Å². The van der Waals surface area contributed by atoms with E-state index in [0.717, 1.165) is 12.0 Å². The normalized spacial score (nSPS) is 10.6. The van der Waals surface area contributed by atoms with Crippen molar-refractivity contribution in [1.82, 2.24) is 10.6 Å². The summed E-state index contributed by atoms with van der Waals surface area (Å²) in [7, 11) is 0. The summed E-state index contributed by atoms with van der Waals surface area (Å²) in [6, 6.07) is 8.18. The molecule has 0 radical (unpaired) electrons. The Morgan fingerprint density at radius 3 is 2.52 bits per heavy atom. The van der Waals surface area contributed by atoms with Crippen molar-refractivity contribution in [3.63, 3.8) is 0 Å². The van der Waals surface area contributed by atoms with E-state index in [4.69, 9.17) is 10.4 Å². The van der Waals surface area contributed by atoms with E-state index in [2.05, 4.69) is 10.6 Å². The highest BCUT2D eigenvalue weighted by Gasteiger charge is 2.07. The Hall–Kier alpha value is -2.81. The SMILES string of the molecule is CCCNC(=O)/C(C#N)=C\NCc1ccc(C(=O)O)cc1. The molecular weight excluding hydrogens is 270 g/mol. The number of amides is 1. The van der Waals surface area contributed by atoms with E-state index in [9.17, 15) is 9.59 Å². The van der Waals surface area contributed by atoms with Gasteiger partial charge in [0, 0.05) is 19.3 Å². The minimum Gasteiger partial charge on any atom is -0.478 e. The Labute approximate surface area is 123 Å². The zero-order valence-electron chi connectivity index (χ0n) is 11.7. The van der Waals surface area contributed by atoms with E-state index in [1.165, 1.54) is 18.3 Å². The maximum Gasteiger partial charge on any atom is 0.335 e. The lowest BCUT2D eigenvalue weighted by atomic mass is 10.1. The number of hydrogen-bond donors (Lipinski definition) is 3. The Morgan fingerprint density at radius 2 is 2.00 bits per heavy atom. The van der Waals surface area contributed by atoms with Gasteiger partial charge in [-0.2, -0.15) is 5.26 Å². The lowest BCUT2D eigenvalue weighted by Crippen LogP contribution is -2.26. The Kier molecular flexibility index (Phi) is 6.48. The molecule has 0 saturated heterocycles. The van der Waals surface area contributed by atoms with Gasteiger partial charge in [-0.1, -0.05) is 19.1 Å². The second-order valence-corrected chi connectivity index (χ2v) is 4.31. The van der Waals surface area contributed by atoms with Gasteiger partial charge in [-0.15, -0.1) is 0 Å². The highest BCUT2D eigenvalue weighted by molar-refractivity contribution is 5.97. The van der Waals surface area contributed by atoms with Gasteiger partial charge in [-0.25, -0.2) is 4.79 Å². The Bertz CT molecular complexity index is 571. The standard InChI is InChI=1S/C15H17N3O3/c1-2-7-18-14(19)13(8-16)10-17-9-11-3-5-12(6-4-11)15(20)21/h3-6,10,17H,2,7,9H2,1H3,(H,18,19)(H,20,21)/b13-10-. The number of benzene rings is 1. The van der Waals surface area contributed by atoms with Gasteiger partial charge in [0.25, 0.3) is 5.91 Å². The van der Waals surface area contributed by atoms with Crippen LogP contribution in [0.3, 0.4) is 0 Å². The number of nitrogens with zero attached hydrogens (tertiary/aromatic N) is 1. The number of carbonyl (C=O) groups excluding carboxylic acids is 1. The van der Waals surface area contributed by atoms with Gasteiger partial charge in [-0.3, -0.25) is 4.79 Å². The average molecular weight is 287 g/mol. The fourth-order valence-corrected chi connectivity index (χ4v) is 1.52. The van der Waals surface area contributed by atoms with Crippen molar-refractivity contribution >= 4 is 11.9 Å². The summed E-state index contributed by atoms with van der Waals surface area (Å²) >= 11 is 0. The van der Waals surface area contributed by atoms with Gasteiger partial charge in [0.05, 0.1) is 5.56 Å². The molecular formula is C15H17N3O3. The molecule has 0 atom stereocenters. The van der Waals surface area contributed by atoms with Crippen LogP contribution in [-0.4, -0.2) is 23.5 Å². The molecule has 0 fully saturated rings. The largest absolute Gasteiger partial charge is 0.478 e. The van der Waals surface area contributed by atoms with Crippen LogP contribution < -0.4 is 10.6 Å². The summed E-state index contributed by atoms with van der Waals surface area (Å²) in [5, 5.41) is 23.2. The first-order valence-corrected chi connectivity index (χ1v) is 6.52. The van der Waals surface area contributed by atoms with Crippen molar-refractivity contribution < 1.29 is 14.7 Å². The molecule has 0 heterocycles. The topological polar surface area (TPSA) is 102 Å². The van der Waals surface area contributed by atoms with Gasteiger partial charge in [-0.05, 0) is 24.1 Å². The van der Waals surface area contributed by atoms with Crippen LogP contribution in [0.1, 0.15) is 29.3 Å². The van der Waals surface area contributed by atoms with Crippen molar-refractivity contribution in [3.8, 4) is 6.07 Å². The molecule has 1 aromatic carbocycles. The lowest BCUT2D eigenvalue weighted by Gasteiger charge is -2.04.